The van der Waals surface area contributed by atoms with Gasteiger partial charge in [-0.25, -0.2) is 17.8 Å². The Kier molecular flexibility index (Phi) is 9.35. The van der Waals surface area contributed by atoms with Crippen molar-refractivity contribution in [1.29, 1.82) is 0 Å². The van der Waals surface area contributed by atoms with E-state index in [1.54, 1.807) is 0 Å². The van der Waals surface area contributed by atoms with Gasteiger partial charge in [-0.05, 0) is 53.3 Å². The summed E-state index contributed by atoms with van der Waals surface area (Å²) in [6.45, 7) is 4.41. The fourth-order valence-electron chi connectivity index (χ4n) is 2.65. The third-order valence-electron chi connectivity index (χ3n) is 4.37. The minimum Gasteiger partial charge on any atom is -0.370 e. The topological polar surface area (TPSA) is 84.5 Å². The lowest BCUT2D eigenvalue weighted by Crippen LogP contribution is -2.22. The first kappa shape index (κ1) is 24.4. The molecule has 5 nitrogen and oxygen atoms in total. The van der Waals surface area contributed by atoms with Crippen LogP contribution in [0.25, 0.3) is 0 Å². The molecule has 0 aliphatic rings. The number of aliphatic imine (C=N–C) groups is 1. The molecule has 2 rings (SSSR count). The van der Waals surface area contributed by atoms with E-state index in [9.17, 15) is 12.8 Å². The molecule has 0 heterocycles. The molecule has 0 radical (unpaired) electrons. The fraction of sp³-hybridized carbons (Fsp3) is 0.350. The van der Waals surface area contributed by atoms with Crippen molar-refractivity contribution in [3.63, 3.8) is 0 Å². The largest absolute Gasteiger partial charge is 0.370 e. The third-order valence-corrected chi connectivity index (χ3v) is 5.21. The summed E-state index contributed by atoms with van der Waals surface area (Å²) in [7, 11) is -3.23. The van der Waals surface area contributed by atoms with Gasteiger partial charge in [0.1, 0.15) is 5.82 Å². The first-order valence-corrected chi connectivity index (χ1v) is 10.9. The number of nitrogens with one attached hydrogen (secondary N) is 1. The Morgan fingerprint density at radius 3 is 2.39 bits per heavy atom. The van der Waals surface area contributed by atoms with Crippen LogP contribution in [0.2, 0.25) is 0 Å². The lowest BCUT2D eigenvalue weighted by molar-refractivity contribution is 0.600. The van der Waals surface area contributed by atoms with Crippen molar-refractivity contribution in [3.05, 3.63) is 65.0 Å². The summed E-state index contributed by atoms with van der Waals surface area (Å²) < 4.78 is 36.6. The molecule has 28 heavy (non-hydrogen) atoms. The van der Waals surface area contributed by atoms with Crippen LogP contribution in [0, 0.1) is 5.82 Å². The maximum absolute atomic E-state index is 13.5. The van der Waals surface area contributed by atoms with Gasteiger partial charge in [-0.2, -0.15) is 0 Å². The summed E-state index contributed by atoms with van der Waals surface area (Å²) in [5.41, 5.74) is 9.00. The Labute approximate surface area is 183 Å². The highest BCUT2D eigenvalue weighted by atomic mass is 127. The van der Waals surface area contributed by atoms with E-state index in [0.717, 1.165) is 18.4 Å². The van der Waals surface area contributed by atoms with Crippen LogP contribution < -0.4 is 11.1 Å². The molecule has 154 valence electrons. The van der Waals surface area contributed by atoms with Crippen molar-refractivity contribution in [1.82, 2.24) is 0 Å². The molecule has 1 unspecified atom stereocenters. The molecule has 0 aliphatic heterocycles. The predicted molar refractivity (Wildman–Crippen MR) is 124 cm³/mol. The summed E-state index contributed by atoms with van der Waals surface area (Å²) in [4.78, 5) is 4.22. The van der Waals surface area contributed by atoms with Crippen LogP contribution in [0.15, 0.2) is 47.5 Å². The molecule has 8 heteroatoms. The molecule has 0 bridgehead atoms. The maximum atomic E-state index is 13.5. The zero-order valence-corrected chi connectivity index (χ0v) is 19.4. The Balaban J connectivity index is 0.00000392. The smallest absolute Gasteiger partial charge is 0.193 e. The SMILES string of the molecule is CCC(C)c1ccc(NC(N)=NCc2cc(F)ccc2CS(C)(=O)=O)cc1.I. The van der Waals surface area contributed by atoms with Gasteiger partial charge in [0.2, 0.25) is 0 Å². The van der Waals surface area contributed by atoms with Gasteiger partial charge in [0.05, 0.1) is 12.3 Å². The third kappa shape index (κ3) is 7.75. The number of nitrogens with two attached hydrogens (primary N) is 1. The van der Waals surface area contributed by atoms with E-state index in [0.29, 0.717) is 17.0 Å². The number of hydrogen-bond acceptors (Lipinski definition) is 3. The van der Waals surface area contributed by atoms with E-state index >= 15 is 0 Å². The van der Waals surface area contributed by atoms with Crippen LogP contribution >= 0.6 is 24.0 Å². The second kappa shape index (κ2) is 10.8. The van der Waals surface area contributed by atoms with Crippen LogP contribution in [0.1, 0.15) is 42.9 Å². The average Bonchev–Trinajstić information content (AvgIpc) is 2.61. The number of benzene rings is 2. The summed E-state index contributed by atoms with van der Waals surface area (Å²) >= 11 is 0. The highest BCUT2D eigenvalue weighted by Crippen LogP contribution is 2.20. The van der Waals surface area contributed by atoms with Crippen LogP contribution in [-0.4, -0.2) is 20.6 Å². The number of anilines is 1. The molecule has 2 aromatic rings. The van der Waals surface area contributed by atoms with E-state index in [4.69, 9.17) is 5.73 Å². The molecule has 2 aromatic carbocycles. The molecule has 0 fully saturated rings. The molecule has 0 spiro atoms. The van der Waals surface area contributed by atoms with Crippen LogP contribution in [0.3, 0.4) is 0 Å². The Morgan fingerprint density at radius 2 is 1.82 bits per heavy atom. The molecule has 0 amide bonds. The number of nitrogens with zero attached hydrogens (tertiary/aromatic N) is 1. The van der Waals surface area contributed by atoms with Gasteiger partial charge in [-0.15, -0.1) is 24.0 Å². The highest BCUT2D eigenvalue weighted by molar-refractivity contribution is 14.0. The summed E-state index contributed by atoms with van der Waals surface area (Å²) in [5.74, 6) is 0.0690. The summed E-state index contributed by atoms with van der Waals surface area (Å²) in [5, 5.41) is 2.99. The van der Waals surface area contributed by atoms with Gasteiger partial charge in [0.15, 0.2) is 15.8 Å². The minimum absolute atomic E-state index is 0. The zero-order chi connectivity index (χ0) is 20.0. The standard InChI is InChI=1S/C20H26FN3O2S.HI/c1-4-14(2)15-6-9-19(10-7-15)24-20(22)23-12-17-11-18(21)8-5-16(17)13-27(3,25)26;/h5-11,14H,4,12-13H2,1-3H3,(H3,22,23,24);1H. The average molecular weight is 519 g/mol. The predicted octanol–water partition coefficient (Wildman–Crippen LogP) is 4.43. The Morgan fingerprint density at radius 1 is 1.18 bits per heavy atom. The lowest BCUT2D eigenvalue weighted by Gasteiger charge is -2.11. The molecule has 1 atom stereocenters. The van der Waals surface area contributed by atoms with E-state index in [-0.39, 0.29) is 42.2 Å². The molecule has 0 saturated carbocycles. The highest BCUT2D eigenvalue weighted by Gasteiger charge is 2.10. The molecule has 3 N–H and O–H groups in total. The summed E-state index contributed by atoms with van der Waals surface area (Å²) in [6, 6.07) is 12.0. The minimum atomic E-state index is -3.23. The Hall–Kier alpha value is -1.68. The van der Waals surface area contributed by atoms with Gasteiger partial charge < -0.3 is 11.1 Å². The van der Waals surface area contributed by atoms with E-state index in [1.807, 2.05) is 24.3 Å². The zero-order valence-electron chi connectivity index (χ0n) is 16.3. The molecule has 0 aliphatic carbocycles. The monoisotopic (exact) mass is 519 g/mol. The van der Waals surface area contributed by atoms with Gasteiger partial charge in [0.25, 0.3) is 0 Å². The first-order valence-electron chi connectivity index (χ1n) is 8.80. The molecule has 0 aromatic heterocycles. The van der Waals surface area contributed by atoms with E-state index < -0.39 is 15.7 Å². The van der Waals surface area contributed by atoms with Crippen molar-refractivity contribution in [2.24, 2.45) is 10.7 Å². The first-order chi connectivity index (χ1) is 12.7. The van der Waals surface area contributed by atoms with Crippen LogP contribution in [0.4, 0.5) is 10.1 Å². The number of halogens is 2. The van der Waals surface area contributed by atoms with Crippen molar-refractivity contribution in [2.75, 3.05) is 11.6 Å². The van der Waals surface area contributed by atoms with Crippen LogP contribution in [0.5, 0.6) is 0 Å². The number of sulfone groups is 1. The van der Waals surface area contributed by atoms with Crippen molar-refractivity contribution >= 4 is 45.5 Å². The second-order valence-electron chi connectivity index (χ2n) is 6.74. The van der Waals surface area contributed by atoms with Crippen molar-refractivity contribution in [2.45, 2.75) is 38.5 Å². The Bertz CT molecular complexity index is 916. The second-order valence-corrected chi connectivity index (χ2v) is 8.88. The molecular weight excluding hydrogens is 492 g/mol. The maximum Gasteiger partial charge on any atom is 0.193 e. The van der Waals surface area contributed by atoms with Gasteiger partial charge >= 0.3 is 0 Å². The van der Waals surface area contributed by atoms with Gasteiger partial charge in [0, 0.05) is 11.9 Å². The quantitative estimate of drug-likeness (QED) is 0.322. The lowest BCUT2D eigenvalue weighted by atomic mass is 9.99. The fourth-order valence-corrected chi connectivity index (χ4v) is 3.50. The normalized spacial score (nSPS) is 12.9. The van der Waals surface area contributed by atoms with Gasteiger partial charge in [-0.3, -0.25) is 0 Å². The van der Waals surface area contributed by atoms with Crippen LogP contribution in [-0.2, 0) is 22.1 Å². The summed E-state index contributed by atoms with van der Waals surface area (Å²) in [6.07, 6.45) is 2.21. The number of guanidine groups is 1. The molecule has 0 saturated heterocycles. The van der Waals surface area contributed by atoms with Crippen molar-refractivity contribution in [3.8, 4) is 0 Å². The van der Waals surface area contributed by atoms with E-state index in [1.165, 1.54) is 23.8 Å². The number of rotatable bonds is 7. The van der Waals surface area contributed by atoms with E-state index in [2.05, 4.69) is 24.2 Å². The number of hydrogen-bond donors (Lipinski definition) is 2. The van der Waals surface area contributed by atoms with Crippen molar-refractivity contribution < 1.29 is 12.8 Å². The van der Waals surface area contributed by atoms with Gasteiger partial charge in [-0.1, -0.05) is 32.0 Å². The molecular formula is C20H27FIN3O2S.